The molecule has 0 bridgehead atoms. The molecule has 0 aliphatic rings. The molecular weight excluding hydrogens is 84.9 g/mol. The average molecular weight is 95.0 g/mol. The molecule has 0 aromatic carbocycles. The summed E-state index contributed by atoms with van der Waals surface area (Å²) >= 11 is 0. The molecule has 0 spiro atoms. The van der Waals surface area contributed by atoms with E-state index in [1.807, 2.05) is 25.3 Å². The quantitative estimate of drug-likeness (QED) is 0.441. The minimum Gasteiger partial charge on any atom is -0.365 e. The van der Waals surface area contributed by atoms with E-state index in [9.17, 15) is 0 Å². The first kappa shape index (κ1) is 6.34. The average Bonchev–Trinajstić information content (AvgIpc) is 1.86. The van der Waals surface area contributed by atoms with Crippen LogP contribution in [0.1, 0.15) is 5.69 Å². The maximum atomic E-state index is 3.00. The Bertz CT molecular complexity index is 112. The fourth-order valence-electron chi connectivity index (χ4n) is 0.420. The monoisotopic (exact) mass is 95.1 g/mol. The third kappa shape index (κ3) is 1.49. The molecule has 1 N–H and O–H groups in total. The molecule has 1 nitrogen and oxygen atoms in total. The summed E-state index contributed by atoms with van der Waals surface area (Å²) in [6.07, 6.45) is 1.91. The Morgan fingerprint density at radius 2 is 2.29 bits per heavy atom. The van der Waals surface area contributed by atoms with E-state index in [2.05, 4.69) is 4.98 Å². The largest absolute Gasteiger partial charge is 0.365 e. The summed E-state index contributed by atoms with van der Waals surface area (Å²) in [5.74, 6) is 0. The number of hydrogen-bond donors (Lipinski definition) is 1. The summed E-state index contributed by atoms with van der Waals surface area (Å²) in [6.45, 7) is 2.03. The van der Waals surface area contributed by atoms with Crippen molar-refractivity contribution in [2.45, 2.75) is 6.92 Å². The summed E-state index contributed by atoms with van der Waals surface area (Å²) in [6, 6.07) is 4.01. The van der Waals surface area contributed by atoms with Gasteiger partial charge in [0, 0.05) is 11.9 Å². The van der Waals surface area contributed by atoms with Crippen LogP contribution in [0.3, 0.4) is 0 Å². The van der Waals surface area contributed by atoms with Crippen molar-refractivity contribution >= 4 is 8.41 Å². The number of rotatable bonds is 0. The topological polar surface area (TPSA) is 15.8 Å². The minimum absolute atomic E-state index is 0. The van der Waals surface area contributed by atoms with E-state index in [0.717, 1.165) is 0 Å². The standard InChI is InChI=1S/C5H7N.BH3/c1-5-3-2-4-6-5;/h2-4,6H,1H3;1H3. The van der Waals surface area contributed by atoms with Crippen molar-refractivity contribution in [3.05, 3.63) is 24.0 Å². The molecule has 0 aliphatic carbocycles. The Kier molecular flexibility index (Phi) is 2.27. The summed E-state index contributed by atoms with van der Waals surface area (Å²) in [4.78, 5) is 3.00. The number of H-pyrrole nitrogens is 1. The van der Waals surface area contributed by atoms with E-state index in [-0.39, 0.29) is 8.41 Å². The highest BCUT2D eigenvalue weighted by Gasteiger charge is 1.72. The second-order valence-electron chi connectivity index (χ2n) is 1.35. The fourth-order valence-corrected chi connectivity index (χ4v) is 0.420. The highest BCUT2D eigenvalue weighted by molar-refractivity contribution is 5.75. The van der Waals surface area contributed by atoms with Gasteiger partial charge in [-0.3, -0.25) is 0 Å². The van der Waals surface area contributed by atoms with Crippen molar-refractivity contribution in [1.82, 2.24) is 4.98 Å². The van der Waals surface area contributed by atoms with E-state index in [1.54, 1.807) is 0 Å². The van der Waals surface area contributed by atoms with Crippen molar-refractivity contribution in [3.63, 3.8) is 0 Å². The predicted molar refractivity (Wildman–Crippen MR) is 35.5 cm³/mol. The molecule has 0 unspecified atom stereocenters. The Balaban J connectivity index is 0.000000360. The summed E-state index contributed by atoms with van der Waals surface area (Å²) in [7, 11) is 0. The van der Waals surface area contributed by atoms with E-state index < -0.39 is 0 Å². The lowest BCUT2D eigenvalue weighted by molar-refractivity contribution is 1.27. The summed E-state index contributed by atoms with van der Waals surface area (Å²) < 4.78 is 0. The molecule has 7 heavy (non-hydrogen) atoms. The molecule has 0 saturated heterocycles. The first-order valence-electron chi connectivity index (χ1n) is 1.99. The highest BCUT2D eigenvalue weighted by atomic mass is 14.7. The number of nitrogens with one attached hydrogen (secondary N) is 1. The number of aromatic amines is 1. The van der Waals surface area contributed by atoms with Gasteiger partial charge in [0.15, 0.2) is 0 Å². The van der Waals surface area contributed by atoms with Crippen LogP contribution >= 0.6 is 0 Å². The number of aromatic nitrogens is 1. The van der Waals surface area contributed by atoms with E-state index in [4.69, 9.17) is 0 Å². The van der Waals surface area contributed by atoms with Gasteiger partial charge in [-0.15, -0.1) is 0 Å². The van der Waals surface area contributed by atoms with Crippen molar-refractivity contribution < 1.29 is 0 Å². The highest BCUT2D eigenvalue weighted by Crippen LogP contribution is 1.86. The van der Waals surface area contributed by atoms with Crippen molar-refractivity contribution in [1.29, 1.82) is 0 Å². The SMILES string of the molecule is B.Cc1ccc[nH]1. The molecule has 0 amide bonds. The lowest BCUT2D eigenvalue weighted by atomic mass is 10.5. The van der Waals surface area contributed by atoms with E-state index in [0.29, 0.717) is 0 Å². The van der Waals surface area contributed by atoms with E-state index in [1.165, 1.54) is 5.69 Å². The Hall–Kier alpha value is -0.655. The predicted octanol–water partition coefficient (Wildman–Crippen LogP) is 0.139. The molecule has 1 heterocycles. The normalized spacial score (nSPS) is 7.57. The van der Waals surface area contributed by atoms with Crippen LogP contribution in [0.15, 0.2) is 18.3 Å². The summed E-state index contributed by atoms with van der Waals surface area (Å²) in [5, 5.41) is 0. The molecule has 1 rings (SSSR count). The Morgan fingerprint density at radius 3 is 2.43 bits per heavy atom. The van der Waals surface area contributed by atoms with Gasteiger partial charge in [-0.2, -0.15) is 0 Å². The smallest absolute Gasteiger partial charge is 0.0814 e. The maximum Gasteiger partial charge on any atom is 0.0814 e. The molecule has 0 fully saturated rings. The van der Waals surface area contributed by atoms with Gasteiger partial charge in [0.05, 0.1) is 8.41 Å². The van der Waals surface area contributed by atoms with Crippen molar-refractivity contribution in [2.75, 3.05) is 0 Å². The fraction of sp³-hybridized carbons (Fsp3) is 0.200. The molecule has 2 heteroatoms. The molecule has 0 radical (unpaired) electrons. The molecule has 1 aromatic rings. The van der Waals surface area contributed by atoms with Crippen LogP contribution in [-0.2, 0) is 0 Å². The van der Waals surface area contributed by atoms with Crippen LogP contribution < -0.4 is 0 Å². The Labute approximate surface area is 45.3 Å². The van der Waals surface area contributed by atoms with Gasteiger partial charge in [0.1, 0.15) is 0 Å². The van der Waals surface area contributed by atoms with E-state index >= 15 is 0 Å². The van der Waals surface area contributed by atoms with Crippen LogP contribution in [0.25, 0.3) is 0 Å². The van der Waals surface area contributed by atoms with Crippen LogP contribution in [0, 0.1) is 6.92 Å². The van der Waals surface area contributed by atoms with Gasteiger partial charge in [0.2, 0.25) is 0 Å². The zero-order valence-corrected chi connectivity index (χ0v) is 3.73. The van der Waals surface area contributed by atoms with Crippen LogP contribution in [-0.4, -0.2) is 13.4 Å². The second kappa shape index (κ2) is 2.51. The zero-order chi connectivity index (χ0) is 4.41. The first-order chi connectivity index (χ1) is 2.89. The summed E-state index contributed by atoms with van der Waals surface area (Å²) in [5.41, 5.74) is 1.22. The molecule has 0 saturated carbocycles. The number of hydrogen-bond acceptors (Lipinski definition) is 0. The van der Waals surface area contributed by atoms with Crippen LogP contribution in [0.4, 0.5) is 0 Å². The van der Waals surface area contributed by atoms with Gasteiger partial charge < -0.3 is 4.98 Å². The van der Waals surface area contributed by atoms with Crippen molar-refractivity contribution in [2.24, 2.45) is 0 Å². The molecular formula is C5H10BN. The molecule has 1 aromatic heterocycles. The Morgan fingerprint density at radius 1 is 1.57 bits per heavy atom. The van der Waals surface area contributed by atoms with Gasteiger partial charge >= 0.3 is 0 Å². The third-order valence-electron chi connectivity index (χ3n) is 0.753. The lowest BCUT2D eigenvalue weighted by Gasteiger charge is -1.70. The number of aryl methyl sites for hydroxylation is 1. The first-order valence-corrected chi connectivity index (χ1v) is 1.99. The molecule has 0 aliphatic heterocycles. The van der Waals surface area contributed by atoms with Crippen LogP contribution in [0.5, 0.6) is 0 Å². The van der Waals surface area contributed by atoms with Gasteiger partial charge in [0.25, 0.3) is 0 Å². The van der Waals surface area contributed by atoms with Gasteiger partial charge in [-0.1, -0.05) is 0 Å². The minimum atomic E-state index is 0. The molecule has 0 atom stereocenters. The van der Waals surface area contributed by atoms with Crippen molar-refractivity contribution in [3.8, 4) is 0 Å². The van der Waals surface area contributed by atoms with Crippen LogP contribution in [0.2, 0.25) is 0 Å². The van der Waals surface area contributed by atoms with Gasteiger partial charge in [-0.05, 0) is 19.1 Å². The zero-order valence-electron chi connectivity index (χ0n) is 3.73. The lowest BCUT2D eigenvalue weighted by Crippen LogP contribution is -1.59. The maximum absolute atomic E-state index is 3.00. The van der Waals surface area contributed by atoms with Gasteiger partial charge in [-0.25, -0.2) is 0 Å². The third-order valence-corrected chi connectivity index (χ3v) is 0.753. The molecule has 38 valence electrons. The second-order valence-corrected chi connectivity index (χ2v) is 1.35.